The first kappa shape index (κ1) is 11.4. The molecule has 0 saturated heterocycles. The predicted octanol–water partition coefficient (Wildman–Crippen LogP) is 2.28. The van der Waals surface area contributed by atoms with Gasteiger partial charge in [-0.2, -0.15) is 12.6 Å². The van der Waals surface area contributed by atoms with Crippen LogP contribution in [-0.4, -0.2) is 19.4 Å². The molecule has 1 rings (SSSR count). The largest absolute Gasteiger partial charge is 0.494 e. The van der Waals surface area contributed by atoms with Crippen LogP contribution in [0, 0.1) is 0 Å². The van der Waals surface area contributed by atoms with Gasteiger partial charge < -0.3 is 10.1 Å². The highest BCUT2D eigenvalue weighted by Crippen LogP contribution is 2.18. The molecule has 0 radical (unpaired) electrons. The molecule has 3 heteroatoms. The van der Waals surface area contributed by atoms with Crippen LogP contribution in [0.3, 0.4) is 0 Å². The minimum atomic E-state index is 0.314. The van der Waals surface area contributed by atoms with E-state index in [0.29, 0.717) is 12.6 Å². The molecule has 1 N–H and O–H groups in total. The molecule has 1 atom stereocenters. The highest BCUT2D eigenvalue weighted by molar-refractivity contribution is 7.80. The summed E-state index contributed by atoms with van der Waals surface area (Å²) in [4.78, 5) is 0. The van der Waals surface area contributed by atoms with Crippen LogP contribution in [0.1, 0.15) is 18.5 Å². The fourth-order valence-corrected chi connectivity index (χ4v) is 1.72. The van der Waals surface area contributed by atoms with Gasteiger partial charge in [0, 0.05) is 11.8 Å². The molecule has 0 aliphatic carbocycles. The van der Waals surface area contributed by atoms with Crippen molar-refractivity contribution in [3.8, 4) is 5.75 Å². The number of rotatable bonds is 5. The first-order chi connectivity index (χ1) is 6.81. The van der Waals surface area contributed by atoms with Crippen LogP contribution in [0.5, 0.6) is 5.75 Å². The van der Waals surface area contributed by atoms with E-state index in [-0.39, 0.29) is 0 Å². The molecular weight excluding hydrogens is 194 g/mol. The summed E-state index contributed by atoms with van der Waals surface area (Å²) < 4.78 is 5.37. The van der Waals surface area contributed by atoms with Crippen molar-refractivity contribution in [1.82, 2.24) is 5.32 Å². The van der Waals surface area contributed by atoms with Crippen molar-refractivity contribution < 1.29 is 4.74 Å². The van der Waals surface area contributed by atoms with Crippen LogP contribution < -0.4 is 10.1 Å². The van der Waals surface area contributed by atoms with Gasteiger partial charge in [-0.1, -0.05) is 12.1 Å². The predicted molar refractivity (Wildman–Crippen MR) is 63.3 cm³/mol. The van der Waals surface area contributed by atoms with Gasteiger partial charge in [0.2, 0.25) is 0 Å². The first-order valence-corrected chi connectivity index (χ1v) is 5.46. The van der Waals surface area contributed by atoms with Crippen molar-refractivity contribution >= 4 is 12.6 Å². The first-order valence-electron chi connectivity index (χ1n) is 4.82. The van der Waals surface area contributed by atoms with Crippen LogP contribution in [0.15, 0.2) is 24.3 Å². The Labute approximate surface area is 91.1 Å². The van der Waals surface area contributed by atoms with Crippen LogP contribution in [0.4, 0.5) is 0 Å². The molecule has 78 valence electrons. The molecular formula is C11H17NOS. The normalized spacial score (nSPS) is 12.5. The number of hydrogen-bond donors (Lipinski definition) is 2. The molecule has 0 aliphatic rings. The Morgan fingerprint density at radius 3 is 2.43 bits per heavy atom. The van der Waals surface area contributed by atoms with Crippen molar-refractivity contribution in [3.05, 3.63) is 29.8 Å². The zero-order valence-corrected chi connectivity index (χ0v) is 9.55. The summed E-state index contributed by atoms with van der Waals surface area (Å²) in [6, 6.07) is 8.44. The maximum atomic E-state index is 5.37. The zero-order valence-electron chi connectivity index (χ0n) is 8.66. The van der Waals surface area contributed by atoms with Gasteiger partial charge in [0.1, 0.15) is 5.75 Å². The molecule has 1 aromatic rings. The van der Waals surface area contributed by atoms with Crippen LogP contribution in [0.2, 0.25) is 0 Å². The summed E-state index contributed by atoms with van der Waals surface area (Å²) in [7, 11) is 1.94. The molecule has 0 spiro atoms. The van der Waals surface area contributed by atoms with Crippen molar-refractivity contribution in [1.29, 1.82) is 0 Å². The topological polar surface area (TPSA) is 21.3 Å². The van der Waals surface area contributed by atoms with Gasteiger partial charge in [0.05, 0.1) is 6.61 Å². The zero-order chi connectivity index (χ0) is 10.4. The van der Waals surface area contributed by atoms with Gasteiger partial charge in [-0.15, -0.1) is 0 Å². The number of hydrogen-bond acceptors (Lipinski definition) is 3. The van der Waals surface area contributed by atoms with Crippen molar-refractivity contribution in [3.63, 3.8) is 0 Å². The maximum absolute atomic E-state index is 5.37. The summed E-state index contributed by atoms with van der Waals surface area (Å²) in [6.07, 6.45) is 0. The summed E-state index contributed by atoms with van der Waals surface area (Å²) in [5, 5.41) is 3.20. The summed E-state index contributed by atoms with van der Waals surface area (Å²) in [5.41, 5.74) is 1.24. The highest BCUT2D eigenvalue weighted by atomic mass is 32.1. The van der Waals surface area contributed by atoms with E-state index in [2.05, 4.69) is 30.1 Å². The lowest BCUT2D eigenvalue weighted by Crippen LogP contribution is -2.17. The van der Waals surface area contributed by atoms with Crippen molar-refractivity contribution in [2.45, 2.75) is 13.0 Å². The number of ether oxygens (including phenoxy) is 1. The van der Waals surface area contributed by atoms with E-state index in [1.807, 2.05) is 26.1 Å². The molecule has 1 unspecified atom stereocenters. The van der Waals surface area contributed by atoms with Gasteiger partial charge in [-0.3, -0.25) is 0 Å². The van der Waals surface area contributed by atoms with Gasteiger partial charge in [0.15, 0.2) is 0 Å². The summed E-state index contributed by atoms with van der Waals surface area (Å²) >= 11 is 4.28. The number of thiol groups is 1. The molecule has 0 saturated carbocycles. The van der Waals surface area contributed by atoms with Gasteiger partial charge in [0.25, 0.3) is 0 Å². The molecule has 2 nitrogen and oxygen atoms in total. The quantitative estimate of drug-likeness (QED) is 0.729. The number of benzene rings is 1. The van der Waals surface area contributed by atoms with E-state index >= 15 is 0 Å². The molecule has 0 fully saturated rings. The minimum absolute atomic E-state index is 0.314. The minimum Gasteiger partial charge on any atom is -0.494 e. The third-order valence-corrected chi connectivity index (χ3v) is 2.49. The maximum Gasteiger partial charge on any atom is 0.119 e. The lowest BCUT2D eigenvalue weighted by Gasteiger charge is -2.14. The second-order valence-corrected chi connectivity index (χ2v) is 3.39. The molecule has 0 aromatic heterocycles. The summed E-state index contributed by atoms with van der Waals surface area (Å²) in [6.45, 7) is 2.69. The van der Waals surface area contributed by atoms with Crippen LogP contribution >= 0.6 is 12.6 Å². The molecule has 1 aromatic carbocycles. The van der Waals surface area contributed by atoms with Crippen molar-refractivity contribution in [2.24, 2.45) is 0 Å². The smallest absolute Gasteiger partial charge is 0.119 e. The van der Waals surface area contributed by atoms with Crippen molar-refractivity contribution in [2.75, 3.05) is 19.4 Å². The Balaban J connectivity index is 2.71. The van der Waals surface area contributed by atoms with E-state index < -0.39 is 0 Å². The lowest BCUT2D eigenvalue weighted by molar-refractivity contribution is 0.340. The monoisotopic (exact) mass is 211 g/mol. The molecule has 14 heavy (non-hydrogen) atoms. The third kappa shape index (κ3) is 2.93. The average Bonchev–Trinajstić information content (AvgIpc) is 2.23. The Morgan fingerprint density at radius 2 is 2.00 bits per heavy atom. The number of nitrogens with one attached hydrogen (secondary N) is 1. The Hall–Kier alpha value is -0.670. The fraction of sp³-hybridized carbons (Fsp3) is 0.455. The molecule has 0 aliphatic heterocycles. The Morgan fingerprint density at radius 1 is 1.36 bits per heavy atom. The van der Waals surface area contributed by atoms with E-state index in [0.717, 1.165) is 11.5 Å². The van der Waals surface area contributed by atoms with Crippen LogP contribution in [-0.2, 0) is 0 Å². The SMILES string of the molecule is CCOc1ccc(C(CS)NC)cc1. The molecule has 0 heterocycles. The van der Waals surface area contributed by atoms with Gasteiger partial charge in [-0.05, 0) is 31.7 Å². The van der Waals surface area contributed by atoms with E-state index in [9.17, 15) is 0 Å². The second kappa shape index (κ2) is 5.94. The summed E-state index contributed by atoms with van der Waals surface area (Å²) in [5.74, 6) is 1.72. The Kier molecular flexibility index (Phi) is 4.84. The highest BCUT2D eigenvalue weighted by Gasteiger charge is 2.05. The third-order valence-electron chi connectivity index (χ3n) is 2.12. The van der Waals surface area contributed by atoms with E-state index in [4.69, 9.17) is 4.74 Å². The standard InChI is InChI=1S/C11H17NOS/c1-3-13-10-6-4-9(5-7-10)11(8-14)12-2/h4-7,11-12,14H,3,8H2,1-2H3. The molecule has 0 amide bonds. The fourth-order valence-electron chi connectivity index (χ4n) is 1.33. The lowest BCUT2D eigenvalue weighted by atomic mass is 10.1. The Bertz CT molecular complexity index is 256. The van der Waals surface area contributed by atoms with E-state index in [1.165, 1.54) is 5.56 Å². The molecule has 0 bridgehead atoms. The van der Waals surface area contributed by atoms with Gasteiger partial charge in [-0.25, -0.2) is 0 Å². The second-order valence-electron chi connectivity index (χ2n) is 3.03. The van der Waals surface area contributed by atoms with E-state index in [1.54, 1.807) is 0 Å². The average molecular weight is 211 g/mol. The van der Waals surface area contributed by atoms with Crippen LogP contribution in [0.25, 0.3) is 0 Å². The van der Waals surface area contributed by atoms with Gasteiger partial charge >= 0.3 is 0 Å².